The molecule has 1 heteroatoms. The average Bonchev–Trinajstić information content (AvgIpc) is 2.10. The van der Waals surface area contributed by atoms with E-state index in [0.29, 0.717) is 12.2 Å². The lowest BCUT2D eigenvalue weighted by atomic mass is 10.1. The van der Waals surface area contributed by atoms with Gasteiger partial charge in [0.05, 0.1) is 0 Å². The van der Waals surface area contributed by atoms with Crippen LogP contribution in [0.25, 0.3) is 0 Å². The van der Waals surface area contributed by atoms with Gasteiger partial charge in [0.1, 0.15) is 5.78 Å². The van der Waals surface area contributed by atoms with Gasteiger partial charge in [0.15, 0.2) is 0 Å². The summed E-state index contributed by atoms with van der Waals surface area (Å²) in [5.74, 6) is 0.402. The van der Waals surface area contributed by atoms with Crippen LogP contribution in [0.15, 0.2) is 12.7 Å². The first-order chi connectivity index (χ1) is 5.81. The van der Waals surface area contributed by atoms with Crippen molar-refractivity contribution in [2.45, 2.75) is 51.9 Å². The topological polar surface area (TPSA) is 17.1 Å². The summed E-state index contributed by atoms with van der Waals surface area (Å²) in [6, 6.07) is 0. The maximum atomic E-state index is 10.9. The first-order valence-electron chi connectivity index (χ1n) is 4.93. The van der Waals surface area contributed by atoms with Crippen LogP contribution in [0.3, 0.4) is 0 Å². The largest absolute Gasteiger partial charge is 0.300 e. The summed E-state index contributed by atoms with van der Waals surface area (Å²) in [7, 11) is 0. The van der Waals surface area contributed by atoms with Gasteiger partial charge in [-0.25, -0.2) is 0 Å². The third-order valence-corrected chi connectivity index (χ3v) is 2.01. The number of carbonyl (C=O) groups is 1. The minimum Gasteiger partial charge on any atom is -0.300 e. The number of unbranched alkanes of at least 4 members (excludes halogenated alkanes) is 4. The summed E-state index contributed by atoms with van der Waals surface area (Å²) in [6.07, 6.45) is 9.28. The fraction of sp³-hybridized carbons (Fsp3) is 0.727. The van der Waals surface area contributed by atoms with E-state index in [0.717, 1.165) is 19.3 Å². The molecule has 1 nitrogen and oxygen atoms in total. The molecule has 0 aliphatic heterocycles. The number of rotatable bonds is 8. The Kier molecular flexibility index (Phi) is 8.09. The second-order valence-electron chi connectivity index (χ2n) is 3.13. The van der Waals surface area contributed by atoms with Crippen LogP contribution >= 0.6 is 0 Å². The van der Waals surface area contributed by atoms with Crippen molar-refractivity contribution in [2.75, 3.05) is 0 Å². The summed E-state index contributed by atoms with van der Waals surface area (Å²) in [4.78, 5) is 10.9. The fourth-order valence-corrected chi connectivity index (χ4v) is 1.14. The molecule has 0 radical (unpaired) electrons. The first kappa shape index (κ1) is 11.4. The van der Waals surface area contributed by atoms with Crippen molar-refractivity contribution in [1.29, 1.82) is 0 Å². The molecular weight excluding hydrogens is 148 g/mol. The number of allylic oxidation sites excluding steroid dienone is 1. The third-order valence-electron chi connectivity index (χ3n) is 2.01. The number of Topliss-reactive ketones (excluding diaryl/α,β-unsaturated/α-hetero) is 1. The minimum atomic E-state index is 0.402. The van der Waals surface area contributed by atoms with Crippen molar-refractivity contribution >= 4 is 5.78 Å². The lowest BCUT2D eigenvalue weighted by Crippen LogP contribution is -1.93. The molecule has 0 N–H and O–H groups in total. The Balaban J connectivity index is 3.00. The van der Waals surface area contributed by atoms with Crippen LogP contribution in [0.1, 0.15) is 51.9 Å². The Bertz CT molecular complexity index is 127. The Morgan fingerprint density at radius 2 is 1.92 bits per heavy atom. The molecule has 0 aromatic rings. The van der Waals surface area contributed by atoms with Gasteiger partial charge in [0.2, 0.25) is 0 Å². The van der Waals surface area contributed by atoms with E-state index in [9.17, 15) is 4.79 Å². The molecule has 12 heavy (non-hydrogen) atoms. The van der Waals surface area contributed by atoms with Crippen molar-refractivity contribution in [3.8, 4) is 0 Å². The average molecular weight is 168 g/mol. The van der Waals surface area contributed by atoms with E-state index in [4.69, 9.17) is 0 Å². The van der Waals surface area contributed by atoms with Gasteiger partial charge in [-0.15, -0.1) is 6.58 Å². The van der Waals surface area contributed by atoms with Crippen molar-refractivity contribution in [2.24, 2.45) is 0 Å². The van der Waals surface area contributed by atoms with Crippen molar-refractivity contribution in [3.63, 3.8) is 0 Å². The van der Waals surface area contributed by atoms with Gasteiger partial charge in [-0.2, -0.15) is 0 Å². The standard InChI is InChI=1S/C11H20O/c1-3-5-6-7-8-9-10-11(12)4-2/h3H,1,4-10H2,2H3. The van der Waals surface area contributed by atoms with E-state index in [1.165, 1.54) is 19.3 Å². The van der Waals surface area contributed by atoms with Gasteiger partial charge in [-0.1, -0.05) is 25.8 Å². The van der Waals surface area contributed by atoms with Gasteiger partial charge < -0.3 is 0 Å². The minimum absolute atomic E-state index is 0.402. The summed E-state index contributed by atoms with van der Waals surface area (Å²) in [5, 5.41) is 0. The smallest absolute Gasteiger partial charge is 0.132 e. The van der Waals surface area contributed by atoms with E-state index >= 15 is 0 Å². The molecule has 0 saturated heterocycles. The Morgan fingerprint density at radius 3 is 2.50 bits per heavy atom. The maximum Gasteiger partial charge on any atom is 0.132 e. The van der Waals surface area contributed by atoms with Crippen molar-refractivity contribution < 1.29 is 4.79 Å². The molecule has 0 fully saturated rings. The fourth-order valence-electron chi connectivity index (χ4n) is 1.14. The third kappa shape index (κ3) is 7.52. The molecule has 0 atom stereocenters. The molecule has 0 aliphatic carbocycles. The van der Waals surface area contributed by atoms with Gasteiger partial charge >= 0.3 is 0 Å². The van der Waals surface area contributed by atoms with Gasteiger partial charge in [0, 0.05) is 12.8 Å². The molecular formula is C11H20O. The summed E-state index contributed by atoms with van der Waals surface area (Å²) >= 11 is 0. The van der Waals surface area contributed by atoms with Crippen molar-refractivity contribution in [1.82, 2.24) is 0 Å². The Morgan fingerprint density at radius 1 is 1.25 bits per heavy atom. The number of carbonyl (C=O) groups excluding carboxylic acids is 1. The van der Waals surface area contributed by atoms with Crippen LogP contribution in [0.2, 0.25) is 0 Å². The van der Waals surface area contributed by atoms with E-state index in [-0.39, 0.29) is 0 Å². The molecule has 0 unspecified atom stereocenters. The summed E-state index contributed by atoms with van der Waals surface area (Å²) in [5.41, 5.74) is 0. The van der Waals surface area contributed by atoms with Crippen molar-refractivity contribution in [3.05, 3.63) is 12.7 Å². The highest BCUT2D eigenvalue weighted by atomic mass is 16.1. The molecule has 0 aromatic carbocycles. The first-order valence-corrected chi connectivity index (χ1v) is 4.93. The predicted molar refractivity (Wildman–Crippen MR) is 53.2 cm³/mol. The number of hydrogen-bond acceptors (Lipinski definition) is 1. The maximum absolute atomic E-state index is 10.9. The highest BCUT2D eigenvalue weighted by Crippen LogP contribution is 2.06. The second kappa shape index (κ2) is 8.51. The summed E-state index contributed by atoms with van der Waals surface area (Å²) < 4.78 is 0. The van der Waals surface area contributed by atoms with Gasteiger partial charge in [-0.05, 0) is 19.3 Å². The van der Waals surface area contributed by atoms with Crippen LogP contribution in [0.5, 0.6) is 0 Å². The Hall–Kier alpha value is -0.590. The highest BCUT2D eigenvalue weighted by molar-refractivity contribution is 5.77. The quantitative estimate of drug-likeness (QED) is 0.400. The van der Waals surface area contributed by atoms with E-state index < -0.39 is 0 Å². The normalized spacial score (nSPS) is 9.75. The van der Waals surface area contributed by atoms with Crippen LogP contribution in [0.4, 0.5) is 0 Å². The van der Waals surface area contributed by atoms with Crippen LogP contribution in [-0.2, 0) is 4.79 Å². The highest BCUT2D eigenvalue weighted by Gasteiger charge is 1.96. The van der Waals surface area contributed by atoms with E-state index in [1.807, 2.05) is 13.0 Å². The second-order valence-corrected chi connectivity index (χ2v) is 3.13. The number of ketones is 1. The molecule has 70 valence electrons. The van der Waals surface area contributed by atoms with Crippen LogP contribution in [-0.4, -0.2) is 5.78 Å². The molecule has 0 bridgehead atoms. The lowest BCUT2D eigenvalue weighted by molar-refractivity contribution is -0.118. The SMILES string of the molecule is C=CCCCCCCC(=O)CC. The predicted octanol–water partition coefficient (Wildman–Crippen LogP) is 3.49. The molecule has 0 saturated carbocycles. The summed E-state index contributed by atoms with van der Waals surface area (Å²) in [6.45, 7) is 5.60. The lowest BCUT2D eigenvalue weighted by Gasteiger charge is -1.97. The Labute approximate surface area is 75.9 Å². The van der Waals surface area contributed by atoms with E-state index in [1.54, 1.807) is 0 Å². The molecule has 0 heterocycles. The van der Waals surface area contributed by atoms with Crippen LogP contribution in [0, 0.1) is 0 Å². The van der Waals surface area contributed by atoms with Gasteiger partial charge in [-0.3, -0.25) is 4.79 Å². The molecule has 0 aromatic heterocycles. The zero-order valence-electron chi connectivity index (χ0n) is 8.14. The van der Waals surface area contributed by atoms with E-state index in [2.05, 4.69) is 6.58 Å². The number of hydrogen-bond donors (Lipinski definition) is 0. The zero-order chi connectivity index (χ0) is 9.23. The molecule has 0 amide bonds. The molecule has 0 aliphatic rings. The monoisotopic (exact) mass is 168 g/mol. The van der Waals surface area contributed by atoms with Crippen LogP contribution < -0.4 is 0 Å². The molecule has 0 spiro atoms. The molecule has 0 rings (SSSR count). The zero-order valence-corrected chi connectivity index (χ0v) is 8.14. The van der Waals surface area contributed by atoms with Gasteiger partial charge in [0.25, 0.3) is 0 Å².